The van der Waals surface area contributed by atoms with Crippen LogP contribution in [0.3, 0.4) is 0 Å². The van der Waals surface area contributed by atoms with Gasteiger partial charge in [-0.25, -0.2) is 4.79 Å². The second-order valence-corrected chi connectivity index (χ2v) is 5.46. The number of amides is 1. The van der Waals surface area contributed by atoms with E-state index in [1.54, 1.807) is 0 Å². The smallest absolute Gasteiger partial charge is 0.476 e. The molecule has 2 rings (SSSR count). The van der Waals surface area contributed by atoms with Crippen molar-refractivity contribution in [1.29, 1.82) is 0 Å². The molecule has 1 N–H and O–H groups in total. The number of hydrogen-bond donors (Lipinski definition) is 1. The van der Waals surface area contributed by atoms with E-state index in [-0.39, 0.29) is 12.8 Å². The Balaban J connectivity index is 2.18. The number of carbonyl (C=O) groups excluding carboxylic acids is 1. The first kappa shape index (κ1) is 14.6. The van der Waals surface area contributed by atoms with Crippen LogP contribution in [0.25, 0.3) is 0 Å². The van der Waals surface area contributed by atoms with Gasteiger partial charge in [-0.2, -0.15) is 21.6 Å². The molecule has 0 unspecified atom stereocenters. The highest BCUT2D eigenvalue weighted by atomic mass is 32.2. The maximum absolute atomic E-state index is 12.0. The minimum atomic E-state index is -6.02. The van der Waals surface area contributed by atoms with Crippen LogP contribution < -0.4 is 0 Å². The van der Waals surface area contributed by atoms with Crippen molar-refractivity contribution in [2.45, 2.75) is 24.4 Å². The molecule has 0 aromatic carbocycles. The lowest BCUT2D eigenvalue weighted by atomic mass is 10.0. The molecule has 112 valence electrons. The molecule has 0 radical (unpaired) electrons. The number of carboxylic acids is 1. The Hall–Kier alpha value is -1.82. The van der Waals surface area contributed by atoms with E-state index >= 15 is 0 Å². The number of carboxylic acid groups (broad SMARTS) is 1. The van der Waals surface area contributed by atoms with Crippen molar-refractivity contribution in [2.24, 2.45) is 0 Å². The highest BCUT2D eigenvalue weighted by Gasteiger charge is 2.52. The van der Waals surface area contributed by atoms with Gasteiger partial charge in [0.1, 0.15) is 0 Å². The second kappa shape index (κ2) is 4.34. The van der Waals surface area contributed by atoms with Crippen molar-refractivity contribution in [1.82, 2.24) is 4.90 Å². The molecule has 1 saturated heterocycles. The number of hydrogen-bond acceptors (Lipinski definition) is 6. The van der Waals surface area contributed by atoms with Crippen molar-refractivity contribution in [3.8, 4) is 0 Å². The number of nitrogens with zero attached hydrogens (tertiary/aromatic N) is 1. The first-order chi connectivity index (χ1) is 9.04. The number of β-lactam (4-membered cyclic amide) rings is 1. The Morgan fingerprint density at radius 3 is 2.40 bits per heavy atom. The summed E-state index contributed by atoms with van der Waals surface area (Å²) in [5, 5.41) is 8.85. The summed E-state index contributed by atoms with van der Waals surface area (Å²) in [7, 11) is -6.02. The third-order valence-corrected chi connectivity index (χ3v) is 3.49. The summed E-state index contributed by atoms with van der Waals surface area (Å²) in [6.45, 7) is 0. The zero-order valence-electron chi connectivity index (χ0n) is 9.38. The molecule has 0 bridgehead atoms. The van der Waals surface area contributed by atoms with Gasteiger partial charge < -0.3 is 9.99 Å². The molecule has 1 atom stereocenters. The Kier molecular flexibility index (Phi) is 3.17. The highest BCUT2D eigenvalue weighted by molar-refractivity contribution is 7.87. The average Bonchev–Trinajstić information content (AvgIpc) is 2.57. The minimum absolute atomic E-state index is 0.00430. The largest absolute Gasteiger partial charge is 0.526 e. The molecule has 0 saturated carbocycles. The molecule has 0 aromatic rings. The third-order valence-electron chi connectivity index (χ3n) is 2.68. The van der Waals surface area contributed by atoms with Crippen molar-refractivity contribution in [3.63, 3.8) is 0 Å². The minimum Gasteiger partial charge on any atom is -0.476 e. The summed E-state index contributed by atoms with van der Waals surface area (Å²) in [4.78, 5) is 26.9. The van der Waals surface area contributed by atoms with Crippen molar-refractivity contribution in [2.75, 3.05) is 0 Å². The van der Waals surface area contributed by atoms with Gasteiger partial charge in [-0.05, 0) is 4.33 Å². The molecule has 8 nitrogen and oxygen atoms in total. The highest BCUT2D eigenvalue weighted by Crippen LogP contribution is 2.39. The van der Waals surface area contributed by atoms with Gasteiger partial charge in [-0.15, -0.1) is 0 Å². The Morgan fingerprint density at radius 2 is 1.95 bits per heavy atom. The molecule has 1 amide bonds. The molecule has 20 heavy (non-hydrogen) atoms. The summed E-state index contributed by atoms with van der Waals surface area (Å²) in [5.41, 5.74) is -6.42. The lowest BCUT2D eigenvalue weighted by Crippen LogP contribution is -2.49. The van der Waals surface area contributed by atoms with E-state index in [9.17, 15) is 31.2 Å². The first-order valence-electron chi connectivity index (χ1n) is 5.00. The molecule has 0 aliphatic carbocycles. The van der Waals surface area contributed by atoms with E-state index in [0.717, 1.165) is 4.90 Å². The van der Waals surface area contributed by atoms with Gasteiger partial charge in [0.15, 0.2) is 11.5 Å². The van der Waals surface area contributed by atoms with Crippen LogP contribution in [0.15, 0.2) is 11.5 Å². The number of fused-ring (bicyclic) bond motifs is 1. The second-order valence-electron chi connectivity index (χ2n) is 3.95. The number of alkyl halides is 3. The predicted octanol–water partition coefficient (Wildman–Crippen LogP) is 0.0850. The van der Waals surface area contributed by atoms with Crippen LogP contribution in [0, 0.1) is 0 Å². The Bertz CT molecular complexity index is 608. The molecule has 0 aromatic heterocycles. The van der Waals surface area contributed by atoms with E-state index < -0.39 is 45.0 Å². The topological polar surface area (TPSA) is 110 Å². The molecule has 12 heteroatoms. The van der Waals surface area contributed by atoms with Crippen LogP contribution in [-0.2, 0) is 28.9 Å². The quantitative estimate of drug-likeness (QED) is 0.338. The fraction of sp³-hybridized carbons (Fsp3) is 0.500. The predicted molar refractivity (Wildman–Crippen MR) is 51.7 cm³/mol. The Labute approximate surface area is 109 Å². The molecular formula is C8H6F3NO7S. The van der Waals surface area contributed by atoms with E-state index in [1.165, 1.54) is 0 Å². The molecule has 2 heterocycles. The number of carbonyl (C=O) groups is 2. The zero-order valence-corrected chi connectivity index (χ0v) is 10.2. The summed E-state index contributed by atoms with van der Waals surface area (Å²) in [6.07, 6.45) is -0.240. The normalized spacial score (nSPS) is 22.6. The monoisotopic (exact) mass is 317 g/mol. The molecule has 2 aliphatic heterocycles. The number of rotatable bonds is 4. The van der Waals surface area contributed by atoms with Crippen molar-refractivity contribution < 1.29 is 45.5 Å². The summed E-state index contributed by atoms with van der Waals surface area (Å²) < 4.78 is 60.5. The SMILES string of the molecule is O=C(O)C1=C(OOS(=O)(=O)C(F)(F)F)C[C@@H]2CC(=O)N12. The van der Waals surface area contributed by atoms with Gasteiger partial charge >= 0.3 is 21.6 Å². The standard InChI is InChI=1S/C8H6F3NO7S/c9-8(10,11)20(16,17)19-18-4-1-3-2-5(13)12(3)6(4)7(14)15/h3H,1-2H2,(H,14,15)/t3-/m1/s1. The molecule has 2 aliphatic rings. The number of aliphatic carboxylic acids is 1. The zero-order chi connectivity index (χ0) is 15.3. The average molecular weight is 317 g/mol. The fourth-order valence-corrected chi connectivity index (χ4v) is 2.07. The summed E-state index contributed by atoms with van der Waals surface area (Å²) in [6, 6.07) is -0.569. The van der Waals surface area contributed by atoms with E-state index in [2.05, 4.69) is 9.22 Å². The van der Waals surface area contributed by atoms with Crippen LogP contribution in [-0.4, -0.2) is 41.9 Å². The van der Waals surface area contributed by atoms with Gasteiger partial charge in [0.25, 0.3) is 0 Å². The lowest BCUT2D eigenvalue weighted by molar-refractivity contribution is -0.182. The maximum Gasteiger partial charge on any atom is 0.526 e. The Morgan fingerprint density at radius 1 is 1.35 bits per heavy atom. The van der Waals surface area contributed by atoms with E-state index in [4.69, 9.17) is 5.11 Å². The van der Waals surface area contributed by atoms with Crippen LogP contribution in [0.1, 0.15) is 12.8 Å². The summed E-state index contributed by atoms with van der Waals surface area (Å²) in [5.74, 6) is -2.84. The maximum atomic E-state index is 12.0. The van der Waals surface area contributed by atoms with Crippen LogP contribution in [0.2, 0.25) is 0 Å². The van der Waals surface area contributed by atoms with Gasteiger partial charge in [0.05, 0.1) is 6.04 Å². The van der Waals surface area contributed by atoms with Gasteiger partial charge in [0.2, 0.25) is 5.91 Å². The van der Waals surface area contributed by atoms with E-state index in [1.807, 2.05) is 0 Å². The lowest BCUT2D eigenvalue weighted by Gasteiger charge is -2.34. The van der Waals surface area contributed by atoms with Crippen molar-refractivity contribution >= 4 is 22.0 Å². The number of halogens is 3. The van der Waals surface area contributed by atoms with Gasteiger partial charge in [-0.3, -0.25) is 9.69 Å². The fourth-order valence-electron chi connectivity index (χ4n) is 1.82. The van der Waals surface area contributed by atoms with Crippen LogP contribution >= 0.6 is 0 Å². The first-order valence-corrected chi connectivity index (χ1v) is 6.41. The molecular weight excluding hydrogens is 311 g/mol. The summed E-state index contributed by atoms with van der Waals surface area (Å²) >= 11 is 0. The molecule has 1 fully saturated rings. The molecule has 0 spiro atoms. The third kappa shape index (κ3) is 2.20. The van der Waals surface area contributed by atoms with Crippen LogP contribution in [0.5, 0.6) is 0 Å². The van der Waals surface area contributed by atoms with Gasteiger partial charge in [-0.1, -0.05) is 0 Å². The van der Waals surface area contributed by atoms with Gasteiger partial charge in [0, 0.05) is 12.8 Å². The van der Waals surface area contributed by atoms with Crippen LogP contribution in [0.4, 0.5) is 13.2 Å². The van der Waals surface area contributed by atoms with Crippen molar-refractivity contribution in [3.05, 3.63) is 11.5 Å². The van der Waals surface area contributed by atoms with E-state index in [0.29, 0.717) is 0 Å².